The number of allylic oxidation sites excluding steroid dienone is 6. The fourth-order valence-electron chi connectivity index (χ4n) is 4.35. The van der Waals surface area contributed by atoms with Crippen molar-refractivity contribution in [1.82, 2.24) is 0 Å². The molecule has 2 rings (SSSR count). The van der Waals surface area contributed by atoms with E-state index in [2.05, 4.69) is 52.8 Å². The molecule has 0 saturated carbocycles. The SMILES string of the molecule is CC[C@H]1\C(C)=C/C(C)=C\C(C)=C/[C@@]1(C)c1oc(OC)c(C)c(=O)c1C. The molecule has 0 bridgehead atoms. The average Bonchev–Trinajstić information content (AvgIpc) is 2.51. The van der Waals surface area contributed by atoms with E-state index in [0.717, 1.165) is 6.42 Å². The van der Waals surface area contributed by atoms with Gasteiger partial charge in [-0.15, -0.1) is 0 Å². The van der Waals surface area contributed by atoms with Crippen molar-refractivity contribution in [1.29, 1.82) is 0 Å². The molecule has 0 spiro atoms. The molecule has 0 saturated heterocycles. The van der Waals surface area contributed by atoms with E-state index < -0.39 is 5.41 Å². The number of methoxy groups -OCH3 is 1. The van der Waals surface area contributed by atoms with E-state index in [1.165, 1.54) is 16.7 Å². The molecule has 1 aromatic rings. The van der Waals surface area contributed by atoms with Crippen LogP contribution in [0.4, 0.5) is 0 Å². The first-order chi connectivity index (χ1) is 11.7. The van der Waals surface area contributed by atoms with Gasteiger partial charge in [-0.3, -0.25) is 4.79 Å². The Morgan fingerprint density at radius 3 is 2.28 bits per heavy atom. The highest BCUT2D eigenvalue weighted by Crippen LogP contribution is 2.44. The maximum Gasteiger partial charge on any atom is 0.291 e. The summed E-state index contributed by atoms with van der Waals surface area (Å²) < 4.78 is 11.5. The van der Waals surface area contributed by atoms with Crippen LogP contribution >= 0.6 is 0 Å². The van der Waals surface area contributed by atoms with Crippen molar-refractivity contribution in [2.24, 2.45) is 5.92 Å². The smallest absolute Gasteiger partial charge is 0.291 e. The summed E-state index contributed by atoms with van der Waals surface area (Å²) in [5.74, 6) is 1.25. The molecular weight excluding hydrogens is 312 g/mol. The van der Waals surface area contributed by atoms with Crippen molar-refractivity contribution in [3.63, 3.8) is 0 Å². The van der Waals surface area contributed by atoms with Crippen LogP contribution in [-0.4, -0.2) is 7.11 Å². The van der Waals surface area contributed by atoms with Crippen LogP contribution in [0.25, 0.3) is 0 Å². The summed E-state index contributed by atoms with van der Waals surface area (Å²) in [6.45, 7) is 14.3. The van der Waals surface area contributed by atoms with Gasteiger partial charge in [-0.2, -0.15) is 0 Å². The summed E-state index contributed by atoms with van der Waals surface area (Å²) >= 11 is 0. The third kappa shape index (κ3) is 3.37. The molecule has 0 fully saturated rings. The Kier molecular flexibility index (Phi) is 5.46. The van der Waals surface area contributed by atoms with Gasteiger partial charge in [0.15, 0.2) is 5.43 Å². The zero-order valence-corrected chi connectivity index (χ0v) is 16.7. The largest absolute Gasteiger partial charge is 0.468 e. The van der Waals surface area contributed by atoms with Crippen LogP contribution in [0.2, 0.25) is 0 Å². The van der Waals surface area contributed by atoms with Crippen LogP contribution in [-0.2, 0) is 5.41 Å². The minimum absolute atomic E-state index is 0.00403. The summed E-state index contributed by atoms with van der Waals surface area (Å²) in [5.41, 5.74) is 4.48. The summed E-state index contributed by atoms with van der Waals surface area (Å²) in [4.78, 5) is 12.7. The van der Waals surface area contributed by atoms with Crippen LogP contribution in [0.1, 0.15) is 57.9 Å². The third-order valence-electron chi connectivity index (χ3n) is 5.32. The van der Waals surface area contributed by atoms with Crippen molar-refractivity contribution in [3.05, 3.63) is 62.1 Å². The first-order valence-corrected chi connectivity index (χ1v) is 8.90. The summed E-state index contributed by atoms with van der Waals surface area (Å²) in [6.07, 6.45) is 7.60. The van der Waals surface area contributed by atoms with Gasteiger partial charge in [-0.25, -0.2) is 0 Å². The Balaban J connectivity index is 2.86. The molecule has 0 aromatic carbocycles. The molecule has 2 atom stereocenters. The lowest BCUT2D eigenvalue weighted by molar-refractivity contribution is 0.241. The van der Waals surface area contributed by atoms with Gasteiger partial charge in [-0.1, -0.05) is 41.9 Å². The Bertz CT molecular complexity index is 820. The van der Waals surface area contributed by atoms with Crippen LogP contribution < -0.4 is 10.2 Å². The molecule has 0 amide bonds. The molecule has 3 heteroatoms. The highest BCUT2D eigenvalue weighted by molar-refractivity contribution is 5.43. The number of ether oxygens (including phenoxy) is 1. The molecular formula is C22H30O3. The number of rotatable bonds is 3. The molecule has 0 radical (unpaired) electrons. The average molecular weight is 342 g/mol. The fraction of sp³-hybridized carbons (Fsp3) is 0.500. The zero-order chi connectivity index (χ0) is 18.9. The van der Waals surface area contributed by atoms with Gasteiger partial charge in [0.1, 0.15) is 5.76 Å². The molecule has 0 N–H and O–H groups in total. The van der Waals surface area contributed by atoms with Crippen molar-refractivity contribution < 1.29 is 9.15 Å². The van der Waals surface area contributed by atoms with Gasteiger partial charge in [0, 0.05) is 5.56 Å². The Morgan fingerprint density at radius 1 is 1.08 bits per heavy atom. The molecule has 0 unspecified atom stereocenters. The third-order valence-corrected chi connectivity index (χ3v) is 5.32. The molecule has 1 aliphatic rings. The Morgan fingerprint density at radius 2 is 1.72 bits per heavy atom. The highest BCUT2D eigenvalue weighted by Gasteiger charge is 2.39. The molecule has 25 heavy (non-hydrogen) atoms. The maximum absolute atomic E-state index is 12.7. The van der Waals surface area contributed by atoms with Crippen LogP contribution in [0, 0.1) is 19.8 Å². The van der Waals surface area contributed by atoms with Crippen molar-refractivity contribution >= 4 is 0 Å². The first-order valence-electron chi connectivity index (χ1n) is 8.90. The van der Waals surface area contributed by atoms with Gasteiger partial charge in [0.25, 0.3) is 5.95 Å². The first kappa shape index (κ1) is 19.3. The van der Waals surface area contributed by atoms with Crippen molar-refractivity contribution in [3.8, 4) is 5.95 Å². The topological polar surface area (TPSA) is 39.4 Å². The second kappa shape index (κ2) is 7.07. The predicted molar refractivity (Wildman–Crippen MR) is 103 cm³/mol. The van der Waals surface area contributed by atoms with Crippen molar-refractivity contribution in [2.75, 3.05) is 7.11 Å². The highest BCUT2D eigenvalue weighted by atomic mass is 16.6. The van der Waals surface area contributed by atoms with Crippen LogP contribution in [0.5, 0.6) is 5.95 Å². The second-order valence-corrected chi connectivity index (χ2v) is 7.41. The van der Waals surface area contributed by atoms with E-state index in [1.54, 1.807) is 14.0 Å². The monoisotopic (exact) mass is 342 g/mol. The van der Waals surface area contributed by atoms with Gasteiger partial charge in [0.05, 0.1) is 18.1 Å². The molecule has 1 aromatic heterocycles. The van der Waals surface area contributed by atoms with Gasteiger partial charge in [0.2, 0.25) is 0 Å². The minimum atomic E-state index is -0.416. The molecule has 1 heterocycles. The minimum Gasteiger partial charge on any atom is -0.468 e. The van der Waals surface area contributed by atoms with Gasteiger partial charge < -0.3 is 9.15 Å². The fourth-order valence-corrected chi connectivity index (χ4v) is 4.35. The van der Waals surface area contributed by atoms with Crippen LogP contribution in [0.15, 0.2) is 44.2 Å². The lowest BCUT2D eigenvalue weighted by Crippen LogP contribution is -2.34. The second-order valence-electron chi connectivity index (χ2n) is 7.41. The normalized spacial score (nSPS) is 30.2. The summed E-state index contributed by atoms with van der Waals surface area (Å²) in [6, 6.07) is 0. The summed E-state index contributed by atoms with van der Waals surface area (Å²) in [5, 5.41) is 0. The summed E-state index contributed by atoms with van der Waals surface area (Å²) in [7, 11) is 1.54. The molecule has 1 aliphatic carbocycles. The zero-order valence-electron chi connectivity index (χ0n) is 16.7. The Labute approximate surface area is 151 Å². The maximum atomic E-state index is 12.7. The van der Waals surface area contributed by atoms with Gasteiger partial charge >= 0.3 is 0 Å². The van der Waals surface area contributed by atoms with Gasteiger partial charge in [-0.05, 0) is 53.9 Å². The lowest BCUT2D eigenvalue weighted by atomic mass is 9.67. The van der Waals surface area contributed by atoms with E-state index in [4.69, 9.17) is 9.15 Å². The van der Waals surface area contributed by atoms with Crippen molar-refractivity contribution in [2.45, 2.75) is 60.3 Å². The molecule has 136 valence electrons. The van der Waals surface area contributed by atoms with E-state index in [0.29, 0.717) is 22.8 Å². The predicted octanol–water partition coefficient (Wildman–Crippen LogP) is 5.40. The van der Waals surface area contributed by atoms with E-state index >= 15 is 0 Å². The van der Waals surface area contributed by atoms with E-state index in [9.17, 15) is 4.79 Å². The molecule has 3 nitrogen and oxygen atoms in total. The standard InChI is InChI=1S/C22H30O3/c1-9-18-15(4)11-13(2)10-14(3)12-22(18,7)20-16(5)19(23)17(6)21(24-8)25-20/h10-12,18H,9H2,1-8H3/b13-10-,14-12-,15-11-/t18-,22+/m0/s1. The Hall–Kier alpha value is -2.03. The molecule has 0 aliphatic heterocycles. The lowest BCUT2D eigenvalue weighted by Gasteiger charge is -2.37. The number of hydrogen-bond donors (Lipinski definition) is 0. The quantitative estimate of drug-likeness (QED) is 0.738. The van der Waals surface area contributed by atoms with E-state index in [1.807, 2.05) is 6.92 Å². The number of hydrogen-bond acceptors (Lipinski definition) is 3. The van der Waals surface area contributed by atoms with E-state index in [-0.39, 0.29) is 11.3 Å². The van der Waals surface area contributed by atoms with Crippen LogP contribution in [0.3, 0.4) is 0 Å².